The number of fused-ring (bicyclic) bond motifs is 3. The smallest absolute Gasteiger partial charge is 0.407 e. The van der Waals surface area contributed by atoms with E-state index in [1.807, 2.05) is 62.4 Å². The second kappa shape index (κ2) is 11.1. The first kappa shape index (κ1) is 26.3. The fourth-order valence-corrected chi connectivity index (χ4v) is 4.56. The van der Waals surface area contributed by atoms with E-state index in [-0.39, 0.29) is 25.0 Å². The summed E-state index contributed by atoms with van der Waals surface area (Å²) >= 11 is 0. The minimum Gasteiger partial charge on any atom is -0.491 e. The van der Waals surface area contributed by atoms with Gasteiger partial charge in [0.25, 0.3) is 0 Å². The van der Waals surface area contributed by atoms with Crippen LogP contribution in [-0.2, 0) is 20.7 Å². The van der Waals surface area contributed by atoms with Crippen LogP contribution < -0.4 is 10.1 Å². The summed E-state index contributed by atoms with van der Waals surface area (Å²) in [6.07, 6.45) is -0.325. The second-order valence-electron chi connectivity index (χ2n) is 10.6. The summed E-state index contributed by atoms with van der Waals surface area (Å²) in [5, 5.41) is 2.74. The molecule has 1 amide bonds. The highest BCUT2D eigenvalue weighted by molar-refractivity contribution is 5.82. The number of ether oxygens (including phenoxy) is 3. The van der Waals surface area contributed by atoms with Gasteiger partial charge < -0.3 is 19.5 Å². The molecule has 1 N–H and O–H groups in total. The highest BCUT2D eigenvalue weighted by atomic mass is 16.6. The maximum atomic E-state index is 13.0. The molecule has 0 radical (unpaired) electrons. The van der Waals surface area contributed by atoms with E-state index in [9.17, 15) is 9.59 Å². The average molecular weight is 502 g/mol. The van der Waals surface area contributed by atoms with Crippen LogP contribution in [0.2, 0.25) is 0 Å². The van der Waals surface area contributed by atoms with E-state index in [0.717, 1.165) is 33.6 Å². The number of carbonyl (C=O) groups excluding carboxylic acids is 2. The molecule has 4 rings (SSSR count). The van der Waals surface area contributed by atoms with Gasteiger partial charge in [-0.2, -0.15) is 0 Å². The predicted octanol–water partition coefficient (Wildman–Crippen LogP) is 6.27. The summed E-state index contributed by atoms with van der Waals surface area (Å²) in [7, 11) is 0. The molecule has 0 fully saturated rings. The summed E-state index contributed by atoms with van der Waals surface area (Å²) in [4.78, 5) is 25.9. The number of hydrogen-bond acceptors (Lipinski definition) is 5. The van der Waals surface area contributed by atoms with Gasteiger partial charge in [0, 0.05) is 12.3 Å². The van der Waals surface area contributed by atoms with Crippen molar-refractivity contribution in [2.45, 2.75) is 64.7 Å². The van der Waals surface area contributed by atoms with E-state index in [2.05, 4.69) is 29.6 Å². The number of alkyl carbamates (subject to hydrolysis) is 1. The number of nitrogens with one attached hydrogen (secondary N) is 1. The van der Waals surface area contributed by atoms with Gasteiger partial charge in [-0.1, -0.05) is 60.7 Å². The van der Waals surface area contributed by atoms with Gasteiger partial charge in [0.1, 0.15) is 24.0 Å². The maximum Gasteiger partial charge on any atom is 0.407 e. The third-order valence-corrected chi connectivity index (χ3v) is 6.06. The van der Waals surface area contributed by atoms with Crippen molar-refractivity contribution in [2.75, 3.05) is 6.61 Å². The number of benzene rings is 3. The van der Waals surface area contributed by atoms with Crippen molar-refractivity contribution in [3.63, 3.8) is 0 Å². The Bertz CT molecular complexity index is 1200. The van der Waals surface area contributed by atoms with Crippen LogP contribution in [0.15, 0.2) is 72.8 Å². The number of rotatable bonds is 8. The van der Waals surface area contributed by atoms with Crippen LogP contribution in [0.3, 0.4) is 0 Å². The molecular weight excluding hydrogens is 466 g/mol. The quantitative estimate of drug-likeness (QED) is 0.369. The zero-order valence-corrected chi connectivity index (χ0v) is 22.1. The minimum absolute atomic E-state index is 0.0633. The number of esters is 1. The van der Waals surface area contributed by atoms with Crippen molar-refractivity contribution < 1.29 is 23.8 Å². The van der Waals surface area contributed by atoms with Crippen molar-refractivity contribution >= 4 is 12.1 Å². The molecule has 3 aromatic rings. The highest BCUT2D eigenvalue weighted by Gasteiger charge is 2.31. The van der Waals surface area contributed by atoms with E-state index >= 15 is 0 Å². The Morgan fingerprint density at radius 1 is 0.865 bits per heavy atom. The van der Waals surface area contributed by atoms with Crippen molar-refractivity contribution in [2.24, 2.45) is 0 Å². The van der Waals surface area contributed by atoms with Gasteiger partial charge in [-0.05, 0) is 74.6 Å². The summed E-state index contributed by atoms with van der Waals surface area (Å²) in [6, 6.07) is 22.9. The first-order valence-electron chi connectivity index (χ1n) is 12.7. The Morgan fingerprint density at radius 3 is 1.97 bits per heavy atom. The number of hydrogen-bond donors (Lipinski definition) is 1. The van der Waals surface area contributed by atoms with Crippen molar-refractivity contribution in [1.82, 2.24) is 5.32 Å². The largest absolute Gasteiger partial charge is 0.491 e. The molecule has 0 spiro atoms. The highest BCUT2D eigenvalue weighted by Crippen LogP contribution is 2.44. The fraction of sp³-hybridized carbons (Fsp3) is 0.355. The van der Waals surface area contributed by atoms with Gasteiger partial charge in [-0.15, -0.1) is 0 Å². The van der Waals surface area contributed by atoms with Crippen LogP contribution in [0.25, 0.3) is 11.1 Å². The Labute approximate surface area is 218 Å². The summed E-state index contributed by atoms with van der Waals surface area (Å²) in [5.74, 6) is 0.173. The van der Waals surface area contributed by atoms with Gasteiger partial charge in [0.05, 0.1) is 6.10 Å². The molecule has 6 nitrogen and oxygen atoms in total. The molecule has 1 unspecified atom stereocenters. The summed E-state index contributed by atoms with van der Waals surface area (Å²) in [5.41, 5.74) is 4.75. The van der Waals surface area contributed by atoms with Gasteiger partial charge in [-0.3, -0.25) is 0 Å². The molecule has 0 bridgehead atoms. The number of carbonyl (C=O) groups is 2. The molecule has 1 aliphatic carbocycles. The maximum absolute atomic E-state index is 13.0. The monoisotopic (exact) mass is 501 g/mol. The first-order valence-corrected chi connectivity index (χ1v) is 12.7. The molecular formula is C31H35NO5. The molecule has 6 heteroatoms. The standard InChI is InChI=1S/C31H35NO5/c1-20(2)36-22-16-14-21(15-17-22)18-28(29(33)37-31(3,4)5)32-30(34)35-19-27-25-12-8-6-10-23(25)24-11-7-9-13-26(24)27/h6-17,20,27-28H,18-19H2,1-5H3,(H,32,34). The first-order chi connectivity index (χ1) is 17.6. The van der Waals surface area contributed by atoms with E-state index in [1.54, 1.807) is 20.8 Å². The molecule has 1 atom stereocenters. The Morgan fingerprint density at radius 2 is 1.43 bits per heavy atom. The SMILES string of the molecule is CC(C)Oc1ccc(CC(NC(=O)OCC2c3ccccc3-c3ccccc32)C(=O)OC(C)(C)C)cc1. The molecule has 194 valence electrons. The normalized spacial score (nSPS) is 13.5. The molecule has 0 saturated carbocycles. The van der Waals surface area contributed by atoms with Crippen LogP contribution in [0, 0.1) is 0 Å². The average Bonchev–Trinajstić information content (AvgIpc) is 3.16. The van der Waals surface area contributed by atoms with E-state index in [4.69, 9.17) is 14.2 Å². The molecule has 37 heavy (non-hydrogen) atoms. The summed E-state index contributed by atoms with van der Waals surface area (Å²) < 4.78 is 17.0. The molecule has 0 heterocycles. The predicted molar refractivity (Wildman–Crippen MR) is 144 cm³/mol. The minimum atomic E-state index is -0.897. The molecule has 0 saturated heterocycles. The Balaban J connectivity index is 1.45. The van der Waals surface area contributed by atoms with E-state index in [0.29, 0.717) is 0 Å². The lowest BCUT2D eigenvalue weighted by Crippen LogP contribution is -2.46. The van der Waals surface area contributed by atoms with Crippen molar-refractivity contribution in [1.29, 1.82) is 0 Å². The van der Waals surface area contributed by atoms with E-state index < -0.39 is 23.7 Å². The fourth-order valence-electron chi connectivity index (χ4n) is 4.56. The zero-order chi connectivity index (χ0) is 26.6. The third kappa shape index (κ3) is 6.70. The second-order valence-corrected chi connectivity index (χ2v) is 10.6. The van der Waals surface area contributed by atoms with Crippen LogP contribution >= 0.6 is 0 Å². The van der Waals surface area contributed by atoms with Crippen LogP contribution in [0.4, 0.5) is 4.79 Å². The van der Waals surface area contributed by atoms with Gasteiger partial charge in [-0.25, -0.2) is 9.59 Å². The zero-order valence-electron chi connectivity index (χ0n) is 22.1. The molecule has 1 aliphatic rings. The summed E-state index contributed by atoms with van der Waals surface area (Å²) in [6.45, 7) is 9.49. The lowest BCUT2D eigenvalue weighted by Gasteiger charge is -2.25. The van der Waals surface area contributed by atoms with Crippen molar-refractivity contribution in [3.8, 4) is 16.9 Å². The van der Waals surface area contributed by atoms with Gasteiger partial charge in [0.15, 0.2) is 0 Å². The molecule has 3 aromatic carbocycles. The van der Waals surface area contributed by atoms with Crippen molar-refractivity contribution in [3.05, 3.63) is 89.5 Å². The Hall–Kier alpha value is -3.80. The lowest BCUT2D eigenvalue weighted by molar-refractivity contribution is -0.157. The topological polar surface area (TPSA) is 73.9 Å². The van der Waals surface area contributed by atoms with Crippen LogP contribution in [0.1, 0.15) is 57.2 Å². The third-order valence-electron chi connectivity index (χ3n) is 6.06. The van der Waals surface area contributed by atoms with Gasteiger partial charge >= 0.3 is 12.1 Å². The van der Waals surface area contributed by atoms with Crippen LogP contribution in [-0.4, -0.2) is 36.4 Å². The molecule has 0 aliphatic heterocycles. The molecule has 0 aromatic heterocycles. The lowest BCUT2D eigenvalue weighted by atomic mass is 9.98. The van der Waals surface area contributed by atoms with Gasteiger partial charge in [0.2, 0.25) is 0 Å². The Kier molecular flexibility index (Phi) is 7.86. The van der Waals surface area contributed by atoms with E-state index in [1.165, 1.54) is 0 Å². The van der Waals surface area contributed by atoms with Crippen LogP contribution in [0.5, 0.6) is 5.75 Å². The number of amides is 1.